The molecule has 0 aliphatic carbocycles. The highest BCUT2D eigenvalue weighted by Gasteiger charge is 2.29. The van der Waals surface area contributed by atoms with Crippen LogP contribution in [0.3, 0.4) is 0 Å². The molecule has 134 valence electrons. The maximum Gasteiger partial charge on any atom is 0.321 e. The van der Waals surface area contributed by atoms with Crippen molar-refractivity contribution >= 4 is 32.5 Å². The van der Waals surface area contributed by atoms with Gasteiger partial charge in [0.2, 0.25) is 10.0 Å². The van der Waals surface area contributed by atoms with E-state index in [0.29, 0.717) is 25.9 Å². The van der Waals surface area contributed by atoms with Gasteiger partial charge in [-0.05, 0) is 24.3 Å². The monoisotopic (exact) mass is 361 g/mol. The Hall–Kier alpha value is -2.12. The largest absolute Gasteiger partial charge is 0.324 e. The van der Waals surface area contributed by atoms with Gasteiger partial charge in [-0.2, -0.15) is 0 Å². The second kappa shape index (κ2) is 7.01. The molecule has 0 unspecified atom stereocenters. The molecule has 1 heterocycles. The van der Waals surface area contributed by atoms with Crippen LogP contribution in [0.15, 0.2) is 42.5 Å². The molecular formula is C18H23N3O3S. The van der Waals surface area contributed by atoms with Crippen LogP contribution in [-0.2, 0) is 10.0 Å². The predicted octanol–water partition coefficient (Wildman–Crippen LogP) is 2.73. The number of anilines is 1. The Bertz CT molecular complexity index is 869. The Morgan fingerprint density at radius 1 is 1.12 bits per heavy atom. The Labute approximate surface area is 148 Å². The van der Waals surface area contributed by atoms with E-state index in [9.17, 15) is 13.2 Å². The lowest BCUT2D eigenvalue weighted by Crippen LogP contribution is -2.48. The van der Waals surface area contributed by atoms with Crippen molar-refractivity contribution in [3.05, 3.63) is 42.5 Å². The van der Waals surface area contributed by atoms with Crippen molar-refractivity contribution in [1.82, 2.24) is 9.21 Å². The quantitative estimate of drug-likeness (QED) is 0.914. The summed E-state index contributed by atoms with van der Waals surface area (Å²) in [4.78, 5) is 14.3. The van der Waals surface area contributed by atoms with Crippen LogP contribution in [0.1, 0.15) is 12.8 Å². The molecule has 1 N–H and O–H groups in total. The molecule has 7 heteroatoms. The van der Waals surface area contributed by atoms with Crippen LogP contribution < -0.4 is 5.32 Å². The molecule has 0 spiro atoms. The maximum absolute atomic E-state index is 12.6. The molecular weight excluding hydrogens is 338 g/mol. The van der Waals surface area contributed by atoms with Crippen molar-refractivity contribution in [2.75, 3.05) is 31.7 Å². The van der Waals surface area contributed by atoms with E-state index in [1.807, 2.05) is 42.5 Å². The Morgan fingerprint density at radius 2 is 1.76 bits per heavy atom. The van der Waals surface area contributed by atoms with Gasteiger partial charge >= 0.3 is 6.03 Å². The highest BCUT2D eigenvalue weighted by atomic mass is 32.2. The van der Waals surface area contributed by atoms with Crippen molar-refractivity contribution in [2.24, 2.45) is 0 Å². The van der Waals surface area contributed by atoms with Crippen LogP contribution in [0.2, 0.25) is 0 Å². The van der Waals surface area contributed by atoms with Crippen LogP contribution >= 0.6 is 0 Å². The zero-order chi connectivity index (χ0) is 18.0. The minimum absolute atomic E-state index is 0.0448. The second-order valence-corrected chi connectivity index (χ2v) is 8.50. The summed E-state index contributed by atoms with van der Waals surface area (Å²) < 4.78 is 24.7. The second-order valence-electron chi connectivity index (χ2n) is 6.45. The molecule has 2 aromatic carbocycles. The van der Waals surface area contributed by atoms with Crippen molar-refractivity contribution < 1.29 is 13.2 Å². The molecule has 0 bridgehead atoms. The van der Waals surface area contributed by atoms with E-state index < -0.39 is 10.0 Å². The molecule has 6 nitrogen and oxygen atoms in total. The van der Waals surface area contributed by atoms with Crippen molar-refractivity contribution in [1.29, 1.82) is 0 Å². The topological polar surface area (TPSA) is 69.7 Å². The van der Waals surface area contributed by atoms with E-state index in [-0.39, 0.29) is 12.1 Å². The number of hydrogen-bond acceptors (Lipinski definition) is 3. The fraction of sp³-hybridized carbons (Fsp3) is 0.389. The first-order valence-corrected chi connectivity index (χ1v) is 10.2. The molecule has 0 aromatic heterocycles. The molecule has 3 rings (SSSR count). The summed E-state index contributed by atoms with van der Waals surface area (Å²) in [6.07, 6.45) is 2.51. The van der Waals surface area contributed by atoms with Crippen molar-refractivity contribution in [3.63, 3.8) is 0 Å². The van der Waals surface area contributed by atoms with Crippen LogP contribution in [0, 0.1) is 0 Å². The summed E-state index contributed by atoms with van der Waals surface area (Å²) in [5.74, 6) is 0. The normalized spacial score (nSPS) is 16.4. The third-order valence-corrected chi connectivity index (χ3v) is 6.16. The number of amides is 2. The third-order valence-electron chi connectivity index (χ3n) is 4.82. The molecule has 1 fully saturated rings. The van der Waals surface area contributed by atoms with Gasteiger partial charge in [0.05, 0.1) is 11.9 Å². The van der Waals surface area contributed by atoms with E-state index in [1.165, 1.54) is 10.6 Å². The number of hydrogen-bond donors (Lipinski definition) is 1. The fourth-order valence-corrected chi connectivity index (χ4v) is 3.98. The number of likely N-dealkylation sites (tertiary alicyclic amines) is 1. The Balaban J connectivity index is 1.65. The zero-order valence-corrected chi connectivity index (χ0v) is 15.3. The highest BCUT2D eigenvalue weighted by molar-refractivity contribution is 7.88. The minimum atomic E-state index is -3.20. The average molecular weight is 361 g/mol. The van der Waals surface area contributed by atoms with Crippen LogP contribution in [0.4, 0.5) is 10.5 Å². The van der Waals surface area contributed by atoms with E-state index in [4.69, 9.17) is 0 Å². The Morgan fingerprint density at radius 3 is 2.44 bits per heavy atom. The van der Waals surface area contributed by atoms with Gasteiger partial charge in [0.1, 0.15) is 0 Å². The zero-order valence-electron chi connectivity index (χ0n) is 14.5. The van der Waals surface area contributed by atoms with Gasteiger partial charge in [-0.3, -0.25) is 0 Å². The number of carbonyl (C=O) groups is 1. The summed E-state index contributed by atoms with van der Waals surface area (Å²) in [5, 5.41) is 5.07. The molecule has 0 radical (unpaired) electrons. The average Bonchev–Trinajstić information content (AvgIpc) is 2.61. The molecule has 0 atom stereocenters. The Kier molecular flexibility index (Phi) is 4.96. The molecule has 1 saturated heterocycles. The molecule has 25 heavy (non-hydrogen) atoms. The number of fused-ring (bicyclic) bond motifs is 1. The summed E-state index contributed by atoms with van der Waals surface area (Å²) in [7, 11) is -1.60. The van der Waals surface area contributed by atoms with Crippen LogP contribution in [0.25, 0.3) is 10.8 Å². The van der Waals surface area contributed by atoms with E-state index in [2.05, 4.69) is 5.32 Å². The SMILES string of the molecule is CN(C1CCN(C(=O)Nc2cccc3ccccc23)CC1)S(C)(=O)=O. The molecule has 2 aromatic rings. The van der Waals surface area contributed by atoms with Gasteiger partial charge in [-0.15, -0.1) is 0 Å². The van der Waals surface area contributed by atoms with E-state index in [1.54, 1.807) is 11.9 Å². The van der Waals surface area contributed by atoms with Gasteiger partial charge in [-0.25, -0.2) is 17.5 Å². The standard InChI is InChI=1S/C18H23N3O3S/c1-20(25(2,23)24)15-10-12-21(13-11-15)18(22)19-17-9-5-7-14-6-3-4-8-16(14)17/h3-9,15H,10-13H2,1-2H3,(H,19,22). The fourth-order valence-electron chi connectivity index (χ4n) is 3.23. The number of nitrogens with zero attached hydrogens (tertiary/aromatic N) is 2. The number of carbonyl (C=O) groups excluding carboxylic acids is 1. The molecule has 2 amide bonds. The lowest BCUT2D eigenvalue weighted by molar-refractivity contribution is 0.175. The lowest BCUT2D eigenvalue weighted by Gasteiger charge is -2.35. The summed E-state index contributed by atoms with van der Waals surface area (Å²) in [6.45, 7) is 1.09. The first-order chi connectivity index (χ1) is 11.9. The third kappa shape index (κ3) is 3.93. The summed E-state index contributed by atoms with van der Waals surface area (Å²) in [6, 6.07) is 13.6. The number of nitrogens with one attached hydrogen (secondary N) is 1. The first-order valence-electron chi connectivity index (χ1n) is 8.33. The van der Waals surface area contributed by atoms with E-state index >= 15 is 0 Å². The number of piperidine rings is 1. The smallest absolute Gasteiger partial charge is 0.321 e. The van der Waals surface area contributed by atoms with Gasteiger partial charge < -0.3 is 10.2 Å². The van der Waals surface area contributed by atoms with Crippen molar-refractivity contribution in [2.45, 2.75) is 18.9 Å². The van der Waals surface area contributed by atoms with Gasteiger partial charge in [0.25, 0.3) is 0 Å². The molecule has 0 saturated carbocycles. The van der Waals surface area contributed by atoms with Gasteiger partial charge in [0.15, 0.2) is 0 Å². The number of rotatable bonds is 3. The lowest BCUT2D eigenvalue weighted by atomic mass is 10.1. The highest BCUT2D eigenvalue weighted by Crippen LogP contribution is 2.24. The first kappa shape index (κ1) is 17.7. The van der Waals surface area contributed by atoms with Crippen LogP contribution in [-0.4, -0.2) is 56.1 Å². The summed E-state index contributed by atoms with van der Waals surface area (Å²) >= 11 is 0. The number of urea groups is 1. The minimum Gasteiger partial charge on any atom is -0.324 e. The number of sulfonamides is 1. The van der Waals surface area contributed by atoms with Gasteiger partial charge in [-0.1, -0.05) is 36.4 Å². The predicted molar refractivity (Wildman–Crippen MR) is 100 cm³/mol. The van der Waals surface area contributed by atoms with E-state index in [0.717, 1.165) is 16.5 Å². The summed E-state index contributed by atoms with van der Waals surface area (Å²) in [5.41, 5.74) is 0.790. The molecule has 1 aliphatic rings. The molecule has 1 aliphatic heterocycles. The maximum atomic E-state index is 12.6. The number of benzene rings is 2. The van der Waals surface area contributed by atoms with Crippen LogP contribution in [0.5, 0.6) is 0 Å². The van der Waals surface area contributed by atoms with Crippen molar-refractivity contribution in [3.8, 4) is 0 Å². The van der Waals surface area contributed by atoms with Gasteiger partial charge in [0, 0.05) is 31.6 Å².